The van der Waals surface area contributed by atoms with E-state index in [0.717, 1.165) is 19.3 Å². The van der Waals surface area contributed by atoms with Crippen LogP contribution in [0, 0.1) is 0 Å². The Hall–Kier alpha value is -1.84. The number of phenolic OH excluding ortho intramolecular Hbond substituents is 1. The molecule has 0 bridgehead atoms. The molecule has 1 aromatic rings. The minimum atomic E-state index is -0.394. The molecule has 2 N–H and O–H groups in total. The maximum atomic E-state index is 11.6. The van der Waals surface area contributed by atoms with Crippen molar-refractivity contribution >= 4 is 12.1 Å². The maximum Gasteiger partial charge on any atom is 0.275 e. The Morgan fingerprint density at radius 1 is 1.41 bits per heavy atom. The van der Waals surface area contributed by atoms with Gasteiger partial charge in [0.05, 0.1) is 5.56 Å². The lowest BCUT2D eigenvalue weighted by molar-refractivity contribution is 0.0952. The molecule has 1 aromatic carbocycles. The number of hydrogen-bond acceptors (Lipinski definition) is 3. The SMILES string of the molecule is CCCCC/C=N/NC(=O)c1ccccc1O. The molecule has 4 nitrogen and oxygen atoms in total. The number of carbonyl (C=O) groups is 1. The summed E-state index contributed by atoms with van der Waals surface area (Å²) in [7, 11) is 0. The Morgan fingerprint density at radius 2 is 2.18 bits per heavy atom. The van der Waals surface area contributed by atoms with Crippen LogP contribution in [0.1, 0.15) is 43.0 Å². The highest BCUT2D eigenvalue weighted by atomic mass is 16.3. The summed E-state index contributed by atoms with van der Waals surface area (Å²) in [5.41, 5.74) is 2.62. The first-order chi connectivity index (χ1) is 8.25. The smallest absolute Gasteiger partial charge is 0.275 e. The van der Waals surface area contributed by atoms with Crippen LogP contribution in [-0.2, 0) is 0 Å². The summed E-state index contributed by atoms with van der Waals surface area (Å²) in [5, 5.41) is 13.3. The van der Waals surface area contributed by atoms with Gasteiger partial charge in [-0.2, -0.15) is 5.10 Å². The number of unbranched alkanes of at least 4 members (excludes halogenated alkanes) is 3. The third-order valence-electron chi connectivity index (χ3n) is 2.34. The number of hydrogen-bond donors (Lipinski definition) is 2. The fourth-order valence-electron chi connectivity index (χ4n) is 1.38. The van der Waals surface area contributed by atoms with Crippen molar-refractivity contribution < 1.29 is 9.90 Å². The van der Waals surface area contributed by atoms with Gasteiger partial charge < -0.3 is 5.11 Å². The highest BCUT2D eigenvalue weighted by Crippen LogP contribution is 2.14. The molecule has 1 amide bonds. The molecule has 1 rings (SSSR count). The third kappa shape index (κ3) is 4.68. The minimum absolute atomic E-state index is 0.0359. The summed E-state index contributed by atoms with van der Waals surface area (Å²) in [6.45, 7) is 2.14. The van der Waals surface area contributed by atoms with E-state index in [1.165, 1.54) is 12.5 Å². The van der Waals surface area contributed by atoms with Crippen LogP contribution in [0.5, 0.6) is 5.75 Å². The highest BCUT2D eigenvalue weighted by molar-refractivity contribution is 5.96. The largest absolute Gasteiger partial charge is 0.507 e. The van der Waals surface area contributed by atoms with Gasteiger partial charge in [0.15, 0.2) is 0 Å². The Kier molecular flexibility index (Phi) is 5.79. The number of amides is 1. The van der Waals surface area contributed by atoms with Crippen molar-refractivity contribution in [3.8, 4) is 5.75 Å². The number of benzene rings is 1. The van der Waals surface area contributed by atoms with Crippen molar-refractivity contribution in [1.82, 2.24) is 5.43 Å². The molecule has 0 fully saturated rings. The Morgan fingerprint density at radius 3 is 2.88 bits per heavy atom. The number of nitrogens with one attached hydrogen (secondary N) is 1. The first-order valence-electron chi connectivity index (χ1n) is 5.85. The van der Waals surface area contributed by atoms with E-state index in [1.54, 1.807) is 24.4 Å². The molecular weight excluding hydrogens is 216 g/mol. The van der Waals surface area contributed by atoms with Gasteiger partial charge in [-0.1, -0.05) is 31.9 Å². The molecule has 92 valence electrons. The van der Waals surface area contributed by atoms with Crippen LogP contribution in [0.15, 0.2) is 29.4 Å². The summed E-state index contributed by atoms with van der Waals surface area (Å²) >= 11 is 0. The van der Waals surface area contributed by atoms with E-state index >= 15 is 0 Å². The second-order valence-electron chi connectivity index (χ2n) is 3.77. The number of hydrazone groups is 1. The number of nitrogens with zero attached hydrogens (tertiary/aromatic N) is 1. The van der Waals surface area contributed by atoms with E-state index < -0.39 is 5.91 Å². The predicted molar refractivity (Wildman–Crippen MR) is 68.2 cm³/mol. The summed E-state index contributed by atoms with van der Waals surface area (Å²) < 4.78 is 0. The fraction of sp³-hybridized carbons (Fsp3) is 0.385. The molecule has 0 saturated heterocycles. The topological polar surface area (TPSA) is 61.7 Å². The average molecular weight is 234 g/mol. The van der Waals surface area contributed by atoms with E-state index in [2.05, 4.69) is 17.5 Å². The van der Waals surface area contributed by atoms with Gasteiger partial charge in [-0.05, 0) is 25.0 Å². The van der Waals surface area contributed by atoms with Crippen molar-refractivity contribution in [1.29, 1.82) is 0 Å². The molecule has 0 aliphatic heterocycles. The molecule has 0 radical (unpaired) electrons. The van der Waals surface area contributed by atoms with E-state index in [0.29, 0.717) is 0 Å². The molecule has 0 aliphatic carbocycles. The van der Waals surface area contributed by atoms with E-state index in [-0.39, 0.29) is 11.3 Å². The molecule has 0 aromatic heterocycles. The van der Waals surface area contributed by atoms with Crippen molar-refractivity contribution in [2.45, 2.75) is 32.6 Å². The van der Waals surface area contributed by atoms with Crippen LogP contribution in [0.2, 0.25) is 0 Å². The van der Waals surface area contributed by atoms with Crippen LogP contribution in [-0.4, -0.2) is 17.2 Å². The van der Waals surface area contributed by atoms with E-state index in [1.807, 2.05) is 0 Å². The Bertz CT molecular complexity index is 389. The molecule has 0 atom stereocenters. The zero-order chi connectivity index (χ0) is 12.5. The minimum Gasteiger partial charge on any atom is -0.507 e. The van der Waals surface area contributed by atoms with Crippen molar-refractivity contribution in [2.24, 2.45) is 5.10 Å². The number of carbonyl (C=O) groups excluding carboxylic acids is 1. The molecule has 0 aliphatic rings. The quantitative estimate of drug-likeness (QED) is 0.451. The van der Waals surface area contributed by atoms with Crippen LogP contribution >= 0.6 is 0 Å². The van der Waals surface area contributed by atoms with E-state index in [4.69, 9.17) is 0 Å². The average Bonchev–Trinajstić information content (AvgIpc) is 2.34. The van der Waals surface area contributed by atoms with Gasteiger partial charge in [0.1, 0.15) is 5.75 Å². The van der Waals surface area contributed by atoms with Gasteiger partial charge in [-0.25, -0.2) is 5.43 Å². The molecule has 0 heterocycles. The lowest BCUT2D eigenvalue weighted by atomic mass is 10.2. The normalized spacial score (nSPS) is 10.6. The van der Waals surface area contributed by atoms with Crippen LogP contribution in [0.4, 0.5) is 0 Å². The monoisotopic (exact) mass is 234 g/mol. The Labute approximate surface area is 101 Å². The van der Waals surface area contributed by atoms with Gasteiger partial charge >= 0.3 is 0 Å². The number of rotatable bonds is 6. The maximum absolute atomic E-state index is 11.6. The molecule has 0 spiro atoms. The van der Waals surface area contributed by atoms with Gasteiger partial charge in [0.25, 0.3) is 5.91 Å². The Balaban J connectivity index is 2.37. The van der Waals surface area contributed by atoms with Crippen molar-refractivity contribution in [2.75, 3.05) is 0 Å². The molecule has 0 unspecified atom stereocenters. The van der Waals surface area contributed by atoms with Gasteiger partial charge in [-0.3, -0.25) is 4.79 Å². The lowest BCUT2D eigenvalue weighted by Crippen LogP contribution is -2.17. The molecule has 0 saturated carbocycles. The predicted octanol–water partition coefficient (Wildman–Crippen LogP) is 2.69. The second-order valence-corrected chi connectivity index (χ2v) is 3.77. The fourth-order valence-corrected chi connectivity index (χ4v) is 1.38. The molecule has 17 heavy (non-hydrogen) atoms. The third-order valence-corrected chi connectivity index (χ3v) is 2.34. The number of phenols is 1. The van der Waals surface area contributed by atoms with E-state index in [9.17, 15) is 9.90 Å². The van der Waals surface area contributed by atoms with Gasteiger partial charge in [-0.15, -0.1) is 0 Å². The second kappa shape index (κ2) is 7.44. The zero-order valence-corrected chi connectivity index (χ0v) is 10.0. The molecular formula is C13H18N2O2. The van der Waals surface area contributed by atoms with Crippen LogP contribution < -0.4 is 5.43 Å². The summed E-state index contributed by atoms with van der Waals surface area (Å²) in [6, 6.07) is 6.39. The lowest BCUT2D eigenvalue weighted by Gasteiger charge is -2.01. The van der Waals surface area contributed by atoms with Crippen molar-refractivity contribution in [3.05, 3.63) is 29.8 Å². The van der Waals surface area contributed by atoms with Gasteiger partial charge in [0.2, 0.25) is 0 Å². The van der Waals surface area contributed by atoms with Crippen LogP contribution in [0.25, 0.3) is 0 Å². The first kappa shape index (κ1) is 13.2. The molecule has 4 heteroatoms. The summed E-state index contributed by atoms with van der Waals surface area (Å²) in [6.07, 6.45) is 5.95. The van der Waals surface area contributed by atoms with Gasteiger partial charge in [0, 0.05) is 6.21 Å². The van der Waals surface area contributed by atoms with Crippen molar-refractivity contribution in [3.63, 3.8) is 0 Å². The van der Waals surface area contributed by atoms with Crippen LogP contribution in [0.3, 0.4) is 0 Å². The first-order valence-corrected chi connectivity index (χ1v) is 5.85. The zero-order valence-electron chi connectivity index (χ0n) is 10.0. The standard InChI is InChI=1S/C13H18N2O2/c1-2-3-4-7-10-14-15-13(17)11-8-5-6-9-12(11)16/h5-6,8-10,16H,2-4,7H2,1H3,(H,15,17)/b14-10+. The number of para-hydroxylation sites is 1. The highest BCUT2D eigenvalue weighted by Gasteiger charge is 2.08. The summed E-state index contributed by atoms with van der Waals surface area (Å²) in [5.74, 6) is -0.430. The summed E-state index contributed by atoms with van der Waals surface area (Å²) in [4.78, 5) is 11.6. The number of aromatic hydroxyl groups is 1.